The highest BCUT2D eigenvalue weighted by Gasteiger charge is 2.03. The van der Waals surface area contributed by atoms with Gasteiger partial charge in [0.2, 0.25) is 5.88 Å². The molecule has 2 rings (SSSR count). The van der Waals surface area contributed by atoms with Crippen molar-refractivity contribution in [3.8, 4) is 17.7 Å². The Bertz CT molecular complexity index is 576. The van der Waals surface area contributed by atoms with Gasteiger partial charge in [0.25, 0.3) is 0 Å². The number of aromatic nitrogens is 1. The molecular weight excluding hydrogens is 259 g/mol. The number of pyridine rings is 1. The van der Waals surface area contributed by atoms with E-state index in [0.717, 1.165) is 0 Å². The zero-order chi connectivity index (χ0) is 12.3. The van der Waals surface area contributed by atoms with E-state index in [4.69, 9.17) is 33.2 Å². The molecule has 0 fully saturated rings. The lowest BCUT2D eigenvalue weighted by Crippen LogP contribution is -1.89. The summed E-state index contributed by atoms with van der Waals surface area (Å²) < 4.78 is 5.45. The largest absolute Gasteiger partial charge is 0.439 e. The molecule has 0 aliphatic heterocycles. The first kappa shape index (κ1) is 11.7. The van der Waals surface area contributed by atoms with Gasteiger partial charge in [0, 0.05) is 11.1 Å². The zero-order valence-corrected chi connectivity index (χ0v) is 10.0. The molecule has 2 aromatic rings. The van der Waals surface area contributed by atoms with Crippen molar-refractivity contribution in [2.24, 2.45) is 0 Å². The fourth-order valence-electron chi connectivity index (χ4n) is 1.21. The fraction of sp³-hybridized carbons (Fsp3) is 0. The molecule has 1 aromatic heterocycles. The third-order valence-corrected chi connectivity index (χ3v) is 2.38. The van der Waals surface area contributed by atoms with Crippen LogP contribution in [0, 0.1) is 11.3 Å². The van der Waals surface area contributed by atoms with Crippen molar-refractivity contribution in [1.29, 1.82) is 5.26 Å². The zero-order valence-electron chi connectivity index (χ0n) is 8.52. The molecule has 17 heavy (non-hydrogen) atoms. The van der Waals surface area contributed by atoms with Crippen LogP contribution in [-0.4, -0.2) is 4.98 Å². The van der Waals surface area contributed by atoms with Crippen molar-refractivity contribution in [3.05, 3.63) is 52.1 Å². The maximum Gasteiger partial charge on any atom is 0.221 e. The molecule has 0 saturated carbocycles. The topological polar surface area (TPSA) is 45.9 Å². The average Bonchev–Trinajstić information content (AvgIpc) is 2.31. The summed E-state index contributed by atoms with van der Waals surface area (Å²) in [7, 11) is 0. The Morgan fingerprint density at radius 2 is 1.82 bits per heavy atom. The van der Waals surface area contributed by atoms with Crippen LogP contribution in [-0.2, 0) is 0 Å². The van der Waals surface area contributed by atoms with Crippen molar-refractivity contribution >= 4 is 23.2 Å². The predicted octanol–water partition coefficient (Wildman–Crippen LogP) is 4.05. The van der Waals surface area contributed by atoms with E-state index in [9.17, 15) is 0 Å². The Morgan fingerprint density at radius 3 is 2.47 bits per heavy atom. The second kappa shape index (κ2) is 5.05. The van der Waals surface area contributed by atoms with E-state index in [2.05, 4.69) is 4.98 Å². The quantitative estimate of drug-likeness (QED) is 0.769. The Balaban J connectivity index is 2.27. The van der Waals surface area contributed by atoms with Crippen LogP contribution in [0.4, 0.5) is 0 Å². The van der Waals surface area contributed by atoms with Crippen LogP contribution in [0.3, 0.4) is 0 Å². The van der Waals surface area contributed by atoms with E-state index in [1.807, 2.05) is 6.07 Å². The minimum absolute atomic E-state index is 0.216. The number of halogens is 2. The summed E-state index contributed by atoms with van der Waals surface area (Å²) in [5.74, 6) is 0.851. The van der Waals surface area contributed by atoms with E-state index in [0.29, 0.717) is 16.3 Å². The number of hydrogen-bond acceptors (Lipinski definition) is 3. The Labute approximate surface area is 108 Å². The molecule has 3 nitrogen and oxygen atoms in total. The predicted molar refractivity (Wildman–Crippen MR) is 65.5 cm³/mol. The highest BCUT2D eigenvalue weighted by Crippen LogP contribution is 2.23. The van der Waals surface area contributed by atoms with Gasteiger partial charge in [-0.3, -0.25) is 0 Å². The van der Waals surface area contributed by atoms with Gasteiger partial charge in [-0.2, -0.15) is 5.26 Å². The number of hydrogen-bond donors (Lipinski definition) is 0. The van der Waals surface area contributed by atoms with Crippen molar-refractivity contribution in [1.82, 2.24) is 4.98 Å². The highest BCUT2D eigenvalue weighted by molar-refractivity contribution is 6.30. The first-order valence-corrected chi connectivity index (χ1v) is 5.44. The smallest absolute Gasteiger partial charge is 0.221 e. The lowest BCUT2D eigenvalue weighted by atomic mass is 10.3. The van der Waals surface area contributed by atoms with Gasteiger partial charge in [0.15, 0.2) is 0 Å². The second-order valence-electron chi connectivity index (χ2n) is 3.18. The molecule has 0 atom stereocenters. The highest BCUT2D eigenvalue weighted by atomic mass is 35.5. The number of ether oxygens (including phenoxy) is 1. The van der Waals surface area contributed by atoms with E-state index < -0.39 is 0 Å². The number of nitrogens with zero attached hydrogens (tertiary/aromatic N) is 2. The minimum atomic E-state index is 0.216. The molecule has 84 valence electrons. The number of nitriles is 1. The van der Waals surface area contributed by atoms with Gasteiger partial charge >= 0.3 is 0 Å². The lowest BCUT2D eigenvalue weighted by Gasteiger charge is -2.05. The van der Waals surface area contributed by atoms with E-state index in [1.165, 1.54) is 12.1 Å². The van der Waals surface area contributed by atoms with Gasteiger partial charge < -0.3 is 4.74 Å². The van der Waals surface area contributed by atoms with Gasteiger partial charge in [-0.05, 0) is 30.3 Å². The van der Waals surface area contributed by atoms with Gasteiger partial charge in [-0.25, -0.2) is 4.98 Å². The van der Waals surface area contributed by atoms with Crippen LogP contribution in [0.15, 0.2) is 36.4 Å². The van der Waals surface area contributed by atoms with Crippen LogP contribution in [0.2, 0.25) is 10.2 Å². The van der Waals surface area contributed by atoms with Gasteiger partial charge in [-0.15, -0.1) is 0 Å². The van der Waals surface area contributed by atoms with Crippen LogP contribution in [0.5, 0.6) is 11.6 Å². The number of rotatable bonds is 2. The summed E-state index contributed by atoms with van der Waals surface area (Å²) in [6.07, 6.45) is 0. The molecule has 0 N–H and O–H groups in total. The van der Waals surface area contributed by atoms with Crippen LogP contribution in [0.1, 0.15) is 5.56 Å². The van der Waals surface area contributed by atoms with Gasteiger partial charge in [0.1, 0.15) is 10.9 Å². The lowest BCUT2D eigenvalue weighted by molar-refractivity contribution is 0.463. The molecule has 1 aromatic carbocycles. The van der Waals surface area contributed by atoms with Crippen LogP contribution >= 0.6 is 23.2 Å². The monoisotopic (exact) mass is 264 g/mol. The SMILES string of the molecule is N#Cc1cc(Cl)nc(Oc2ccc(Cl)cc2)c1. The van der Waals surface area contributed by atoms with Crippen molar-refractivity contribution in [2.75, 3.05) is 0 Å². The Kier molecular flexibility index (Phi) is 3.48. The van der Waals surface area contributed by atoms with Gasteiger partial charge in [-0.1, -0.05) is 23.2 Å². The normalized spacial score (nSPS) is 9.71. The van der Waals surface area contributed by atoms with Gasteiger partial charge in [0.05, 0.1) is 11.6 Å². The third kappa shape index (κ3) is 3.10. The molecule has 0 bridgehead atoms. The molecule has 0 unspecified atom stereocenters. The fourth-order valence-corrected chi connectivity index (χ4v) is 1.54. The Morgan fingerprint density at radius 1 is 1.12 bits per heavy atom. The summed E-state index contributed by atoms with van der Waals surface area (Å²) in [6.45, 7) is 0. The molecular formula is C12H6Cl2N2O. The number of benzene rings is 1. The first-order valence-electron chi connectivity index (χ1n) is 4.68. The van der Waals surface area contributed by atoms with E-state index >= 15 is 0 Å². The average molecular weight is 265 g/mol. The Hall–Kier alpha value is -1.76. The molecule has 0 amide bonds. The molecule has 0 spiro atoms. The third-order valence-electron chi connectivity index (χ3n) is 1.94. The summed E-state index contributed by atoms with van der Waals surface area (Å²) in [4.78, 5) is 3.96. The summed E-state index contributed by atoms with van der Waals surface area (Å²) in [5.41, 5.74) is 0.397. The van der Waals surface area contributed by atoms with Crippen molar-refractivity contribution < 1.29 is 4.74 Å². The summed E-state index contributed by atoms with van der Waals surface area (Å²) in [5, 5.41) is 9.61. The van der Waals surface area contributed by atoms with E-state index in [-0.39, 0.29) is 11.0 Å². The summed E-state index contributed by atoms with van der Waals surface area (Å²) in [6, 6.07) is 11.8. The molecule has 0 aliphatic carbocycles. The molecule has 5 heteroatoms. The summed E-state index contributed by atoms with van der Waals surface area (Å²) >= 11 is 11.5. The maximum absolute atomic E-state index is 8.78. The second-order valence-corrected chi connectivity index (χ2v) is 4.01. The first-order chi connectivity index (χ1) is 8.17. The van der Waals surface area contributed by atoms with Crippen molar-refractivity contribution in [2.45, 2.75) is 0 Å². The molecule has 1 heterocycles. The van der Waals surface area contributed by atoms with Crippen LogP contribution in [0.25, 0.3) is 0 Å². The minimum Gasteiger partial charge on any atom is -0.439 e. The maximum atomic E-state index is 8.78. The van der Waals surface area contributed by atoms with Crippen LogP contribution < -0.4 is 4.74 Å². The molecule has 0 saturated heterocycles. The van der Waals surface area contributed by atoms with E-state index in [1.54, 1.807) is 24.3 Å². The molecule has 0 radical (unpaired) electrons. The van der Waals surface area contributed by atoms with Crippen molar-refractivity contribution in [3.63, 3.8) is 0 Å². The molecule has 0 aliphatic rings. The standard InChI is InChI=1S/C12H6Cl2N2O/c13-9-1-3-10(4-2-9)17-12-6-8(7-15)5-11(14)16-12/h1-6H.